The molecule has 0 radical (unpaired) electrons. The maximum Gasteiger partial charge on any atom is 0.460 e. The van der Waals surface area contributed by atoms with E-state index in [1.807, 2.05) is 0 Å². The Morgan fingerprint density at radius 3 is 2.00 bits per heavy atom. The van der Waals surface area contributed by atoms with Crippen molar-refractivity contribution in [1.29, 1.82) is 0 Å². The monoisotopic (exact) mass is 308 g/mol. The second-order valence-electron chi connectivity index (χ2n) is 3.34. The molecule has 4 nitrogen and oxygen atoms in total. The summed E-state index contributed by atoms with van der Waals surface area (Å²) in [6, 6.07) is 0.815. The summed E-state index contributed by atoms with van der Waals surface area (Å²) < 4.78 is 93.3. The minimum absolute atomic E-state index is 0.607. The van der Waals surface area contributed by atoms with E-state index in [9.17, 15) is 40.3 Å². The number of alkyl halides is 7. The first-order chi connectivity index (χ1) is 8.91. The molecule has 0 aliphatic heterocycles. The van der Waals surface area contributed by atoms with E-state index >= 15 is 0 Å². The summed E-state index contributed by atoms with van der Waals surface area (Å²) in [5, 5.41) is 0. The predicted octanol–water partition coefficient (Wildman–Crippen LogP) is 2.80. The highest BCUT2D eigenvalue weighted by Gasteiger charge is 2.77. The lowest BCUT2D eigenvalue weighted by atomic mass is 10.1. The van der Waals surface area contributed by atoms with E-state index in [1.165, 1.54) is 0 Å². The molecule has 0 N–H and O–H groups in total. The summed E-state index contributed by atoms with van der Waals surface area (Å²) in [7, 11) is 0. The summed E-state index contributed by atoms with van der Waals surface area (Å²) in [6.45, 7) is 0. The van der Waals surface area contributed by atoms with Gasteiger partial charge in [0, 0.05) is 0 Å². The maximum atomic E-state index is 12.8. The molecule has 20 heavy (non-hydrogen) atoms. The number of hydrogen-bond acceptors (Lipinski definition) is 4. The van der Waals surface area contributed by atoms with Crippen molar-refractivity contribution in [1.82, 2.24) is 0 Å². The van der Waals surface area contributed by atoms with Crippen LogP contribution in [0.1, 0.15) is 10.4 Å². The van der Waals surface area contributed by atoms with Gasteiger partial charge in [-0.3, -0.25) is 0 Å². The summed E-state index contributed by atoms with van der Waals surface area (Å²) in [4.78, 5) is 21.6. The van der Waals surface area contributed by atoms with Gasteiger partial charge in [-0.05, 0) is 6.07 Å². The van der Waals surface area contributed by atoms with E-state index < -0.39 is 35.5 Å². The first-order valence-corrected chi connectivity index (χ1v) is 4.52. The quantitative estimate of drug-likeness (QED) is 0.489. The average Bonchev–Trinajstić information content (AvgIpc) is 2.80. The zero-order valence-electron chi connectivity index (χ0n) is 9.01. The molecule has 0 saturated heterocycles. The van der Waals surface area contributed by atoms with E-state index in [0.29, 0.717) is 6.26 Å². The molecule has 0 fully saturated rings. The van der Waals surface area contributed by atoms with Crippen LogP contribution in [0.2, 0.25) is 0 Å². The summed E-state index contributed by atoms with van der Waals surface area (Å²) in [5.74, 6) is -18.1. The molecule has 0 aliphatic carbocycles. The molecule has 0 spiro atoms. The number of rotatable bonds is 3. The Hall–Kier alpha value is -2.07. The van der Waals surface area contributed by atoms with Crippen molar-refractivity contribution in [3.63, 3.8) is 0 Å². The number of halogens is 7. The van der Waals surface area contributed by atoms with Crippen molar-refractivity contribution in [3.8, 4) is 0 Å². The zero-order valence-corrected chi connectivity index (χ0v) is 9.01. The molecule has 1 heterocycles. The van der Waals surface area contributed by atoms with Gasteiger partial charge >= 0.3 is 30.0 Å². The summed E-state index contributed by atoms with van der Waals surface area (Å²) in [6.07, 6.45) is -5.24. The van der Waals surface area contributed by atoms with Crippen LogP contribution in [0.25, 0.3) is 0 Å². The smallest absolute Gasteiger partial charge is 0.460 e. The third-order valence-electron chi connectivity index (χ3n) is 1.95. The number of carbonyl (C=O) groups is 2. The lowest BCUT2D eigenvalue weighted by Crippen LogP contribution is -2.57. The Morgan fingerprint density at radius 2 is 1.60 bits per heavy atom. The minimum Gasteiger partial charge on any atom is -0.472 e. The van der Waals surface area contributed by atoms with Gasteiger partial charge in [-0.1, -0.05) is 0 Å². The summed E-state index contributed by atoms with van der Waals surface area (Å²) >= 11 is 0. The fraction of sp³-hybridized carbons (Fsp3) is 0.333. The molecule has 1 rings (SSSR count). The molecular formula is C9H3F7O4. The second-order valence-corrected chi connectivity index (χ2v) is 3.34. The number of hydrogen-bond donors (Lipinski definition) is 0. The van der Waals surface area contributed by atoms with Gasteiger partial charge in [-0.25, -0.2) is 9.59 Å². The molecule has 11 heteroatoms. The van der Waals surface area contributed by atoms with Crippen LogP contribution in [0.3, 0.4) is 0 Å². The van der Waals surface area contributed by atoms with E-state index in [2.05, 4.69) is 9.15 Å². The number of furan rings is 1. The van der Waals surface area contributed by atoms with Gasteiger partial charge in [-0.15, -0.1) is 0 Å². The van der Waals surface area contributed by atoms with E-state index in [4.69, 9.17) is 0 Å². The fourth-order valence-electron chi connectivity index (χ4n) is 0.894. The Labute approximate surface area is 105 Å². The number of ether oxygens (including phenoxy) is 1. The van der Waals surface area contributed by atoms with Gasteiger partial charge in [0.25, 0.3) is 0 Å². The Kier molecular flexibility index (Phi) is 3.83. The van der Waals surface area contributed by atoms with Gasteiger partial charge < -0.3 is 9.15 Å². The van der Waals surface area contributed by atoms with Gasteiger partial charge in [0.2, 0.25) is 0 Å². The Bertz CT molecular complexity index is 503. The second kappa shape index (κ2) is 4.80. The predicted molar refractivity (Wildman–Crippen MR) is 45.1 cm³/mol. The van der Waals surface area contributed by atoms with Gasteiger partial charge in [0.05, 0.1) is 11.8 Å². The zero-order chi connectivity index (χ0) is 15.8. The van der Waals surface area contributed by atoms with Crippen molar-refractivity contribution < 1.29 is 49.5 Å². The third kappa shape index (κ3) is 2.60. The van der Waals surface area contributed by atoms with Gasteiger partial charge in [-0.2, -0.15) is 30.7 Å². The Morgan fingerprint density at radius 1 is 1.05 bits per heavy atom. The van der Waals surface area contributed by atoms with Gasteiger partial charge in [0.1, 0.15) is 6.26 Å². The van der Waals surface area contributed by atoms with Crippen LogP contribution < -0.4 is 0 Å². The molecule has 0 bridgehead atoms. The van der Waals surface area contributed by atoms with Crippen molar-refractivity contribution in [2.75, 3.05) is 0 Å². The highest BCUT2D eigenvalue weighted by Crippen LogP contribution is 2.47. The fourth-order valence-corrected chi connectivity index (χ4v) is 0.894. The number of esters is 2. The van der Waals surface area contributed by atoms with Crippen LogP contribution in [0.4, 0.5) is 30.7 Å². The van der Waals surface area contributed by atoms with Crippen LogP contribution in [0.15, 0.2) is 23.0 Å². The van der Waals surface area contributed by atoms with Crippen molar-refractivity contribution in [2.24, 2.45) is 0 Å². The molecule has 0 saturated carbocycles. The topological polar surface area (TPSA) is 56.5 Å². The van der Waals surface area contributed by atoms with Crippen molar-refractivity contribution >= 4 is 11.9 Å². The maximum absolute atomic E-state index is 12.8. The van der Waals surface area contributed by atoms with E-state index in [-0.39, 0.29) is 0 Å². The first kappa shape index (κ1) is 16.0. The first-order valence-electron chi connectivity index (χ1n) is 4.52. The van der Waals surface area contributed by atoms with Crippen LogP contribution in [0, 0.1) is 0 Å². The third-order valence-corrected chi connectivity index (χ3v) is 1.95. The van der Waals surface area contributed by atoms with Crippen LogP contribution in [-0.2, 0) is 9.53 Å². The highest BCUT2D eigenvalue weighted by atomic mass is 19.4. The molecule has 0 amide bonds. The van der Waals surface area contributed by atoms with E-state index in [0.717, 1.165) is 12.3 Å². The summed E-state index contributed by atoms with van der Waals surface area (Å²) in [5.41, 5.74) is -0.621. The molecular weight excluding hydrogens is 305 g/mol. The molecule has 1 aromatic heterocycles. The molecule has 0 unspecified atom stereocenters. The van der Waals surface area contributed by atoms with Crippen LogP contribution in [0.5, 0.6) is 0 Å². The SMILES string of the molecule is O=C(OC(=O)C(F)(F)C(F)(F)C(F)(F)F)c1ccoc1. The minimum atomic E-state index is -6.70. The largest absolute Gasteiger partial charge is 0.472 e. The standard InChI is InChI=1S/C9H3F7O4/c10-7(11,8(12,13)9(14,15)16)6(18)20-5(17)4-1-2-19-3-4/h1-3H. The molecule has 1 aromatic rings. The normalized spacial score (nSPS) is 13.2. The van der Waals surface area contributed by atoms with E-state index in [1.54, 1.807) is 0 Å². The lowest BCUT2D eigenvalue weighted by molar-refractivity contribution is -0.347. The van der Waals surface area contributed by atoms with Gasteiger partial charge in [0.15, 0.2) is 0 Å². The van der Waals surface area contributed by atoms with Crippen molar-refractivity contribution in [2.45, 2.75) is 18.0 Å². The highest BCUT2D eigenvalue weighted by molar-refractivity contribution is 5.98. The molecule has 0 atom stereocenters. The molecule has 0 aromatic carbocycles. The van der Waals surface area contributed by atoms with Crippen LogP contribution in [-0.4, -0.2) is 30.0 Å². The average molecular weight is 308 g/mol. The van der Waals surface area contributed by atoms with Crippen LogP contribution >= 0.6 is 0 Å². The van der Waals surface area contributed by atoms with Crippen molar-refractivity contribution in [3.05, 3.63) is 24.2 Å². The molecule has 112 valence electrons. The number of carbonyl (C=O) groups excluding carboxylic acids is 2. The molecule has 0 aliphatic rings. The lowest BCUT2D eigenvalue weighted by Gasteiger charge is -2.25. The Balaban J connectivity index is 2.93.